The molecule has 0 aliphatic carbocycles. The number of fused-ring (bicyclic) bond motifs is 3. The van der Waals surface area contributed by atoms with Crippen molar-refractivity contribution in [3.8, 4) is 0 Å². The van der Waals surface area contributed by atoms with Gasteiger partial charge in [-0.05, 0) is 34.1 Å². The molecule has 3 heterocycles. The Labute approximate surface area is 163 Å². The highest BCUT2D eigenvalue weighted by atomic mass is 16.6. The molecule has 2 N–H and O–H groups in total. The van der Waals surface area contributed by atoms with Crippen molar-refractivity contribution in [2.24, 2.45) is 5.92 Å². The molecule has 0 aromatic carbocycles. The fraction of sp³-hybridized carbons (Fsp3) is 0.650. The average molecular weight is 394 g/mol. The summed E-state index contributed by atoms with van der Waals surface area (Å²) in [7, 11) is 0. The molecule has 3 saturated heterocycles. The van der Waals surface area contributed by atoms with Crippen LogP contribution in [0.4, 0.5) is 0 Å². The predicted octanol–water partition coefficient (Wildman–Crippen LogP) is 0.594. The van der Waals surface area contributed by atoms with E-state index in [0.717, 1.165) is 0 Å². The van der Waals surface area contributed by atoms with E-state index in [0.29, 0.717) is 5.57 Å². The van der Waals surface area contributed by atoms with Gasteiger partial charge in [-0.2, -0.15) is 0 Å². The standard InChI is InChI=1S/C20H26O8/c1-6-9(2)17(23)27-14-12-10(3)18(24)26-13(12)15(22)19(4)8-7-11(21)20(5,25)16(14)28-19/h6,12-16,22,25H,3,7-8H2,1-2,4-5H3/b9-6+/t12-,13-,14-,15+,16-,19-,20-/m0/s1. The summed E-state index contributed by atoms with van der Waals surface area (Å²) in [5.74, 6) is -2.86. The summed E-state index contributed by atoms with van der Waals surface area (Å²) in [6, 6.07) is 0. The molecule has 3 aliphatic heterocycles. The highest BCUT2D eigenvalue weighted by molar-refractivity contribution is 5.92. The third-order valence-electron chi connectivity index (χ3n) is 6.21. The zero-order valence-corrected chi connectivity index (χ0v) is 16.4. The maximum absolute atomic E-state index is 12.6. The Balaban J connectivity index is 2.16. The van der Waals surface area contributed by atoms with E-state index < -0.39 is 59.3 Å². The summed E-state index contributed by atoms with van der Waals surface area (Å²) in [4.78, 5) is 37.3. The molecule has 8 nitrogen and oxygen atoms in total. The second kappa shape index (κ2) is 6.79. The van der Waals surface area contributed by atoms with Gasteiger partial charge in [0.05, 0.1) is 11.5 Å². The van der Waals surface area contributed by atoms with Crippen molar-refractivity contribution in [3.63, 3.8) is 0 Å². The van der Waals surface area contributed by atoms with E-state index in [1.165, 1.54) is 6.92 Å². The monoisotopic (exact) mass is 394 g/mol. The topological polar surface area (TPSA) is 119 Å². The molecule has 0 radical (unpaired) electrons. The maximum Gasteiger partial charge on any atom is 0.334 e. The third kappa shape index (κ3) is 3.00. The smallest absolute Gasteiger partial charge is 0.334 e. The van der Waals surface area contributed by atoms with E-state index >= 15 is 0 Å². The number of ether oxygens (including phenoxy) is 3. The van der Waals surface area contributed by atoms with Crippen LogP contribution in [0.3, 0.4) is 0 Å². The Morgan fingerprint density at radius 1 is 1.36 bits per heavy atom. The van der Waals surface area contributed by atoms with Crippen molar-refractivity contribution in [2.45, 2.75) is 76.2 Å². The zero-order valence-electron chi connectivity index (χ0n) is 16.4. The lowest BCUT2D eigenvalue weighted by molar-refractivity contribution is -0.212. The first-order valence-corrected chi connectivity index (χ1v) is 9.29. The van der Waals surface area contributed by atoms with Crippen LogP contribution in [0.25, 0.3) is 0 Å². The lowest BCUT2D eigenvalue weighted by atomic mass is 9.76. The van der Waals surface area contributed by atoms with Gasteiger partial charge in [-0.15, -0.1) is 0 Å². The van der Waals surface area contributed by atoms with Gasteiger partial charge in [-0.3, -0.25) is 4.79 Å². The number of allylic oxidation sites excluding steroid dienone is 1. The molecule has 2 bridgehead atoms. The molecular weight excluding hydrogens is 368 g/mol. The van der Waals surface area contributed by atoms with Crippen LogP contribution >= 0.6 is 0 Å². The fourth-order valence-corrected chi connectivity index (χ4v) is 4.10. The van der Waals surface area contributed by atoms with E-state index in [1.54, 1.807) is 26.8 Å². The van der Waals surface area contributed by atoms with Crippen molar-refractivity contribution in [2.75, 3.05) is 0 Å². The van der Waals surface area contributed by atoms with Crippen LogP contribution in [-0.2, 0) is 28.6 Å². The Kier molecular flexibility index (Phi) is 5.02. The number of hydrogen-bond donors (Lipinski definition) is 2. The minimum atomic E-state index is -1.99. The Bertz CT molecular complexity index is 766. The SMILES string of the molecule is C=C1C(=O)O[C@H]2[C@H]1[C@H](OC(=O)/C(C)=C/C)[C@@H]1O[C@@](C)(CCC(=O)[C@]1(C)O)[C@@H]2O. The minimum Gasteiger partial charge on any atom is -0.455 e. The fourth-order valence-electron chi connectivity index (χ4n) is 4.10. The number of aliphatic hydroxyl groups excluding tert-OH is 1. The van der Waals surface area contributed by atoms with Crippen molar-refractivity contribution in [1.29, 1.82) is 0 Å². The second-order valence-electron chi connectivity index (χ2n) is 8.13. The Hall–Kier alpha value is -2.03. The maximum atomic E-state index is 12.6. The van der Waals surface area contributed by atoms with E-state index in [2.05, 4.69) is 6.58 Å². The quantitative estimate of drug-likeness (QED) is 0.516. The Morgan fingerprint density at radius 3 is 2.61 bits per heavy atom. The number of carbonyl (C=O) groups is 3. The number of aliphatic hydroxyl groups is 2. The first kappa shape index (κ1) is 20.7. The van der Waals surface area contributed by atoms with E-state index in [-0.39, 0.29) is 18.4 Å². The Morgan fingerprint density at radius 2 is 2.00 bits per heavy atom. The normalized spacial score (nSPS) is 43.7. The molecular formula is C20H26O8. The molecule has 0 saturated carbocycles. The van der Waals surface area contributed by atoms with Gasteiger partial charge in [-0.25, -0.2) is 9.59 Å². The van der Waals surface area contributed by atoms with E-state index in [9.17, 15) is 24.6 Å². The first-order valence-electron chi connectivity index (χ1n) is 9.29. The number of Topliss-reactive ketones (excluding diaryl/α,β-unsaturated/α-hetero) is 1. The molecule has 0 amide bonds. The van der Waals surface area contributed by atoms with Crippen LogP contribution < -0.4 is 0 Å². The van der Waals surface area contributed by atoms with Gasteiger partial charge in [0.15, 0.2) is 5.78 Å². The van der Waals surface area contributed by atoms with Crippen molar-refractivity contribution < 1.29 is 38.8 Å². The van der Waals surface area contributed by atoms with Gasteiger partial charge in [0, 0.05) is 17.6 Å². The van der Waals surface area contributed by atoms with Crippen molar-refractivity contribution >= 4 is 17.7 Å². The molecule has 3 rings (SSSR count). The van der Waals surface area contributed by atoms with Crippen molar-refractivity contribution in [3.05, 3.63) is 23.8 Å². The van der Waals surface area contributed by atoms with Crippen LogP contribution in [-0.4, -0.2) is 63.6 Å². The van der Waals surface area contributed by atoms with Gasteiger partial charge in [0.1, 0.15) is 30.0 Å². The van der Waals surface area contributed by atoms with Crippen LogP contribution in [0.1, 0.15) is 40.5 Å². The molecule has 0 aromatic rings. The van der Waals surface area contributed by atoms with Crippen LogP contribution in [0.5, 0.6) is 0 Å². The molecule has 8 heteroatoms. The number of carbonyl (C=O) groups excluding carboxylic acids is 3. The molecule has 0 unspecified atom stereocenters. The second-order valence-corrected chi connectivity index (χ2v) is 8.13. The third-order valence-corrected chi connectivity index (χ3v) is 6.21. The van der Waals surface area contributed by atoms with E-state index in [4.69, 9.17) is 14.2 Å². The lowest BCUT2D eigenvalue weighted by Crippen LogP contribution is -2.56. The zero-order chi connectivity index (χ0) is 21.0. The van der Waals surface area contributed by atoms with Crippen LogP contribution in [0.2, 0.25) is 0 Å². The molecule has 28 heavy (non-hydrogen) atoms. The van der Waals surface area contributed by atoms with Gasteiger partial charge in [0.2, 0.25) is 0 Å². The average Bonchev–Trinajstić information content (AvgIpc) is 2.85. The summed E-state index contributed by atoms with van der Waals surface area (Å²) in [5, 5.41) is 22.0. The first-order chi connectivity index (χ1) is 12.9. The number of hydrogen-bond acceptors (Lipinski definition) is 8. The van der Waals surface area contributed by atoms with Crippen LogP contribution in [0.15, 0.2) is 23.8 Å². The summed E-state index contributed by atoms with van der Waals surface area (Å²) in [6.45, 7) is 9.83. The van der Waals surface area contributed by atoms with Gasteiger partial charge >= 0.3 is 11.9 Å². The van der Waals surface area contributed by atoms with Crippen LogP contribution in [0, 0.1) is 5.92 Å². The van der Waals surface area contributed by atoms with Crippen molar-refractivity contribution in [1.82, 2.24) is 0 Å². The number of rotatable bonds is 2. The highest BCUT2D eigenvalue weighted by Gasteiger charge is 2.64. The molecule has 154 valence electrons. The highest BCUT2D eigenvalue weighted by Crippen LogP contribution is 2.47. The molecule has 7 atom stereocenters. The molecule has 0 aromatic heterocycles. The van der Waals surface area contributed by atoms with E-state index in [1.807, 2.05) is 0 Å². The summed E-state index contributed by atoms with van der Waals surface area (Å²) in [5.41, 5.74) is -2.97. The van der Waals surface area contributed by atoms with Gasteiger partial charge < -0.3 is 24.4 Å². The predicted molar refractivity (Wildman–Crippen MR) is 96.0 cm³/mol. The molecule has 3 aliphatic rings. The van der Waals surface area contributed by atoms with Gasteiger partial charge in [0.25, 0.3) is 0 Å². The number of esters is 2. The summed E-state index contributed by atoms with van der Waals surface area (Å²) in [6.07, 6.45) is -3.30. The molecule has 3 fully saturated rings. The largest absolute Gasteiger partial charge is 0.455 e. The lowest BCUT2D eigenvalue weighted by Gasteiger charge is -2.38. The number of ketones is 1. The minimum absolute atomic E-state index is 0.00153. The summed E-state index contributed by atoms with van der Waals surface area (Å²) >= 11 is 0. The van der Waals surface area contributed by atoms with Gasteiger partial charge in [-0.1, -0.05) is 12.7 Å². The molecule has 0 spiro atoms. The summed E-state index contributed by atoms with van der Waals surface area (Å²) < 4.78 is 17.0.